The van der Waals surface area contributed by atoms with Crippen molar-refractivity contribution in [3.63, 3.8) is 0 Å². The van der Waals surface area contributed by atoms with Crippen molar-refractivity contribution < 1.29 is 18.7 Å². The van der Waals surface area contributed by atoms with E-state index in [1.165, 1.54) is 12.1 Å². The van der Waals surface area contributed by atoms with Crippen LogP contribution in [0.2, 0.25) is 5.02 Å². The minimum Gasteiger partial charge on any atom is -0.482 e. The summed E-state index contributed by atoms with van der Waals surface area (Å²) in [6.07, 6.45) is 0.0529. The molecule has 5 nitrogen and oxygen atoms in total. The maximum Gasteiger partial charge on any atom is 0.260 e. The lowest BCUT2D eigenvalue weighted by Gasteiger charge is -2.36. The molecule has 0 bridgehead atoms. The number of hydrogen-bond acceptors (Lipinski definition) is 4. The van der Waals surface area contributed by atoms with E-state index >= 15 is 0 Å². The molecule has 1 aromatic carbocycles. The third-order valence-electron chi connectivity index (χ3n) is 3.76. The van der Waals surface area contributed by atoms with E-state index in [2.05, 4.69) is 5.32 Å². The Labute approximate surface area is 139 Å². The fourth-order valence-electron chi connectivity index (χ4n) is 2.71. The number of nitrogens with zero attached hydrogens (tertiary/aromatic N) is 1. The first kappa shape index (κ1) is 17.3. The number of morpholine rings is 1. The molecule has 22 heavy (non-hydrogen) atoms. The first-order valence-electron chi connectivity index (χ1n) is 6.85. The molecule has 0 aliphatic carbocycles. The quantitative estimate of drug-likeness (QED) is 0.896. The van der Waals surface area contributed by atoms with Gasteiger partial charge in [-0.2, -0.15) is 0 Å². The third kappa shape index (κ3) is 3.63. The van der Waals surface area contributed by atoms with Crippen molar-refractivity contribution in [2.45, 2.75) is 12.1 Å². The van der Waals surface area contributed by atoms with Crippen LogP contribution in [0.25, 0.3) is 0 Å². The van der Waals surface area contributed by atoms with Gasteiger partial charge in [0.15, 0.2) is 6.61 Å². The van der Waals surface area contributed by atoms with Crippen molar-refractivity contribution in [1.29, 1.82) is 0 Å². The third-order valence-corrected chi connectivity index (χ3v) is 4.05. The van der Waals surface area contributed by atoms with Crippen LogP contribution < -0.4 is 10.1 Å². The predicted octanol–water partition coefficient (Wildman–Crippen LogP) is 1.48. The van der Waals surface area contributed by atoms with Crippen LogP contribution in [-0.4, -0.2) is 55.8 Å². The number of hydrogen-bond donors (Lipinski definition) is 1. The topological polar surface area (TPSA) is 50.8 Å². The lowest BCUT2D eigenvalue weighted by Crippen LogP contribution is -2.54. The maximum atomic E-state index is 12.9. The SMILES string of the molecule is Cl.O=C(COc1ccc(F)cc1Cl)N1CCO[C@H]2CNC[C@H]21. The Bertz CT molecular complexity index is 547. The van der Waals surface area contributed by atoms with Crippen molar-refractivity contribution in [3.05, 3.63) is 29.0 Å². The van der Waals surface area contributed by atoms with Gasteiger partial charge in [0.25, 0.3) is 5.91 Å². The Morgan fingerprint density at radius 2 is 2.32 bits per heavy atom. The van der Waals surface area contributed by atoms with Gasteiger partial charge in [-0.3, -0.25) is 4.79 Å². The smallest absolute Gasteiger partial charge is 0.260 e. The average molecular weight is 351 g/mol. The average Bonchev–Trinajstić information content (AvgIpc) is 2.94. The molecule has 0 unspecified atom stereocenters. The number of nitrogens with one attached hydrogen (secondary N) is 1. The molecule has 2 saturated heterocycles. The number of benzene rings is 1. The second-order valence-corrected chi connectivity index (χ2v) is 5.49. The summed E-state index contributed by atoms with van der Waals surface area (Å²) in [6.45, 7) is 2.47. The van der Waals surface area contributed by atoms with E-state index in [9.17, 15) is 9.18 Å². The summed E-state index contributed by atoms with van der Waals surface area (Å²) in [6, 6.07) is 3.88. The zero-order valence-electron chi connectivity index (χ0n) is 11.8. The van der Waals surface area contributed by atoms with E-state index < -0.39 is 5.82 Å². The largest absolute Gasteiger partial charge is 0.482 e. The molecule has 2 heterocycles. The number of carbonyl (C=O) groups is 1. The lowest BCUT2D eigenvalue weighted by atomic mass is 10.1. The van der Waals surface area contributed by atoms with E-state index in [1.54, 1.807) is 4.90 Å². The van der Waals surface area contributed by atoms with Crippen LogP contribution >= 0.6 is 24.0 Å². The molecule has 2 aliphatic heterocycles. The molecule has 1 amide bonds. The highest BCUT2D eigenvalue weighted by molar-refractivity contribution is 6.32. The fourth-order valence-corrected chi connectivity index (χ4v) is 2.94. The molecule has 2 atom stereocenters. The van der Waals surface area contributed by atoms with Crippen LogP contribution in [0.3, 0.4) is 0 Å². The molecule has 1 aromatic rings. The van der Waals surface area contributed by atoms with Crippen molar-refractivity contribution in [2.24, 2.45) is 0 Å². The second-order valence-electron chi connectivity index (χ2n) is 5.09. The normalized spacial score (nSPS) is 23.6. The zero-order valence-corrected chi connectivity index (χ0v) is 13.3. The van der Waals surface area contributed by atoms with Crippen molar-refractivity contribution in [2.75, 3.05) is 32.8 Å². The van der Waals surface area contributed by atoms with Gasteiger partial charge in [-0.25, -0.2) is 4.39 Å². The van der Waals surface area contributed by atoms with Crippen LogP contribution in [0.5, 0.6) is 5.75 Å². The van der Waals surface area contributed by atoms with Gasteiger partial charge in [-0.1, -0.05) is 11.6 Å². The first-order valence-corrected chi connectivity index (χ1v) is 7.22. The summed E-state index contributed by atoms with van der Waals surface area (Å²) < 4.78 is 24.0. The number of fused-ring (bicyclic) bond motifs is 1. The van der Waals surface area contributed by atoms with E-state index in [4.69, 9.17) is 21.1 Å². The van der Waals surface area contributed by atoms with E-state index in [-0.39, 0.29) is 42.1 Å². The van der Waals surface area contributed by atoms with Gasteiger partial charge in [-0.15, -0.1) is 12.4 Å². The van der Waals surface area contributed by atoms with E-state index in [0.29, 0.717) is 18.9 Å². The number of amides is 1. The molecule has 2 fully saturated rings. The van der Waals surface area contributed by atoms with Crippen LogP contribution in [0.4, 0.5) is 4.39 Å². The molecule has 2 aliphatic rings. The molecule has 3 rings (SSSR count). The van der Waals surface area contributed by atoms with Crippen molar-refractivity contribution >= 4 is 29.9 Å². The zero-order chi connectivity index (χ0) is 14.8. The molecule has 0 spiro atoms. The lowest BCUT2D eigenvalue weighted by molar-refractivity contribution is -0.144. The van der Waals surface area contributed by atoms with Crippen LogP contribution in [-0.2, 0) is 9.53 Å². The monoisotopic (exact) mass is 350 g/mol. The molecular weight excluding hydrogens is 334 g/mol. The van der Waals surface area contributed by atoms with Crippen LogP contribution in [0.15, 0.2) is 18.2 Å². The van der Waals surface area contributed by atoms with Gasteiger partial charge < -0.3 is 19.7 Å². The summed E-state index contributed by atoms with van der Waals surface area (Å²) in [7, 11) is 0. The number of rotatable bonds is 3. The van der Waals surface area contributed by atoms with Gasteiger partial charge in [0.1, 0.15) is 11.6 Å². The summed E-state index contributed by atoms with van der Waals surface area (Å²) in [5, 5.41) is 3.37. The Morgan fingerprint density at radius 1 is 1.50 bits per heavy atom. The minimum absolute atomic E-state index is 0. The molecule has 8 heteroatoms. The Balaban J connectivity index is 0.00000176. The van der Waals surface area contributed by atoms with E-state index in [1.807, 2.05) is 0 Å². The highest BCUT2D eigenvalue weighted by atomic mass is 35.5. The highest BCUT2D eigenvalue weighted by Crippen LogP contribution is 2.25. The Kier molecular flexibility index (Phi) is 5.86. The molecule has 0 aromatic heterocycles. The van der Waals surface area contributed by atoms with Crippen LogP contribution in [0, 0.1) is 5.82 Å². The van der Waals surface area contributed by atoms with Crippen LogP contribution in [0.1, 0.15) is 0 Å². The van der Waals surface area contributed by atoms with Gasteiger partial charge in [0.05, 0.1) is 23.8 Å². The van der Waals surface area contributed by atoms with Crippen molar-refractivity contribution in [3.8, 4) is 5.75 Å². The number of halogens is 3. The van der Waals surface area contributed by atoms with Gasteiger partial charge >= 0.3 is 0 Å². The van der Waals surface area contributed by atoms with E-state index in [0.717, 1.165) is 19.2 Å². The number of ether oxygens (including phenoxy) is 2. The minimum atomic E-state index is -0.438. The molecule has 0 saturated carbocycles. The Hall–Kier alpha value is -1.08. The standard InChI is InChI=1S/C14H16ClFN2O3.ClH/c15-10-5-9(16)1-2-12(10)21-8-14(19)18-3-4-20-13-7-17-6-11(13)18;/h1-2,5,11,13,17H,3-4,6-8H2;1H/t11-,13+;/m1./s1. The Morgan fingerprint density at radius 3 is 3.09 bits per heavy atom. The second kappa shape index (κ2) is 7.46. The predicted molar refractivity (Wildman–Crippen MR) is 82.3 cm³/mol. The first-order chi connectivity index (χ1) is 10.1. The summed E-state index contributed by atoms with van der Waals surface area (Å²) in [5.41, 5.74) is 0. The van der Waals surface area contributed by atoms with Gasteiger partial charge in [0, 0.05) is 19.6 Å². The maximum absolute atomic E-state index is 12.9. The summed E-state index contributed by atoms with van der Waals surface area (Å²) >= 11 is 5.87. The van der Waals surface area contributed by atoms with Gasteiger partial charge in [0.2, 0.25) is 0 Å². The van der Waals surface area contributed by atoms with Gasteiger partial charge in [-0.05, 0) is 18.2 Å². The molecule has 122 valence electrons. The highest BCUT2D eigenvalue weighted by Gasteiger charge is 2.38. The number of carbonyl (C=O) groups excluding carboxylic acids is 1. The fraction of sp³-hybridized carbons (Fsp3) is 0.500. The molecular formula is C14H17Cl2FN2O3. The van der Waals surface area contributed by atoms with Crippen molar-refractivity contribution in [1.82, 2.24) is 10.2 Å². The molecule has 0 radical (unpaired) electrons. The molecule has 1 N–H and O–H groups in total. The summed E-state index contributed by atoms with van der Waals surface area (Å²) in [4.78, 5) is 14.1. The summed E-state index contributed by atoms with van der Waals surface area (Å²) in [5.74, 6) is -0.245.